The lowest BCUT2D eigenvalue weighted by atomic mass is 9.53. The van der Waals surface area contributed by atoms with Crippen molar-refractivity contribution >= 4 is 10.1 Å². The number of rotatable bonds is 4. The zero-order valence-electron chi connectivity index (χ0n) is 18.4. The fourth-order valence-corrected chi connectivity index (χ4v) is 7.40. The molecule has 7 heteroatoms. The lowest BCUT2D eigenvalue weighted by Crippen LogP contribution is -2.65. The van der Waals surface area contributed by atoms with Crippen LogP contribution in [0.2, 0.25) is 0 Å². The summed E-state index contributed by atoms with van der Waals surface area (Å²) in [7, 11) is -0.120. The molecular formula is C25H27NO5S. The molecule has 6 rings (SSSR count). The lowest BCUT2D eigenvalue weighted by molar-refractivity contribution is -0.0367. The summed E-state index contributed by atoms with van der Waals surface area (Å²) in [5.74, 6) is 1.70. The van der Waals surface area contributed by atoms with Crippen molar-refractivity contribution in [2.45, 2.75) is 48.3 Å². The zero-order valence-corrected chi connectivity index (χ0v) is 19.3. The molecule has 2 aliphatic carbocycles. The minimum atomic E-state index is -3.94. The van der Waals surface area contributed by atoms with Crippen molar-refractivity contribution in [2.75, 3.05) is 20.7 Å². The van der Waals surface area contributed by atoms with Gasteiger partial charge in [-0.05, 0) is 57.1 Å². The Bertz CT molecular complexity index is 1220. The molecule has 0 N–H and O–H groups in total. The summed E-state index contributed by atoms with van der Waals surface area (Å²) < 4.78 is 44.3. The Morgan fingerprint density at radius 2 is 1.91 bits per heavy atom. The van der Waals surface area contributed by atoms with Crippen molar-refractivity contribution in [3.05, 3.63) is 65.2 Å². The Kier molecular flexibility index (Phi) is 4.32. The molecule has 2 aromatic carbocycles. The molecule has 0 radical (unpaired) electrons. The number of nitrogens with zero attached hydrogens (tertiary/aromatic N) is 1. The average molecular weight is 454 g/mol. The molecule has 4 aliphatic rings. The summed E-state index contributed by atoms with van der Waals surface area (Å²) in [5, 5.41) is 0. The summed E-state index contributed by atoms with van der Waals surface area (Å²) >= 11 is 0. The Balaban J connectivity index is 1.46. The number of likely N-dealkylation sites (N-methyl/N-ethyl adjacent to an activating group) is 1. The van der Waals surface area contributed by atoms with Crippen LogP contribution in [0.1, 0.15) is 23.1 Å². The number of hydrogen-bond donors (Lipinski definition) is 0. The first-order chi connectivity index (χ1) is 15.3. The fraction of sp³-hybridized carbons (Fsp3) is 0.440. The molecule has 1 fully saturated rings. The number of hydrogen-bond acceptors (Lipinski definition) is 6. The number of likely N-dealkylation sites (tertiary alicyclic amines) is 1. The molecule has 5 atom stereocenters. The monoisotopic (exact) mass is 453 g/mol. The number of methoxy groups -OCH3 is 1. The molecule has 0 saturated carbocycles. The third-order valence-corrected chi connectivity index (χ3v) is 9.21. The maximum atomic E-state index is 13.1. The Morgan fingerprint density at radius 1 is 1.12 bits per heavy atom. The topological polar surface area (TPSA) is 65.1 Å². The highest BCUT2D eigenvalue weighted by molar-refractivity contribution is 7.86. The molecule has 2 aliphatic heterocycles. The van der Waals surface area contributed by atoms with Gasteiger partial charge < -0.3 is 14.4 Å². The van der Waals surface area contributed by atoms with Crippen LogP contribution in [-0.2, 0) is 26.1 Å². The molecule has 5 unspecified atom stereocenters. The van der Waals surface area contributed by atoms with Crippen LogP contribution < -0.4 is 9.47 Å². The number of piperidine rings is 1. The van der Waals surface area contributed by atoms with E-state index in [0.29, 0.717) is 11.8 Å². The zero-order chi connectivity index (χ0) is 22.3. The van der Waals surface area contributed by atoms with E-state index in [1.54, 1.807) is 31.4 Å². The molecule has 2 aromatic rings. The van der Waals surface area contributed by atoms with Crippen LogP contribution in [0.15, 0.2) is 53.4 Å². The molecule has 32 heavy (non-hydrogen) atoms. The van der Waals surface area contributed by atoms with Crippen molar-refractivity contribution < 1.29 is 22.1 Å². The van der Waals surface area contributed by atoms with Gasteiger partial charge in [0.15, 0.2) is 11.5 Å². The summed E-state index contributed by atoms with van der Waals surface area (Å²) in [6, 6.07) is 11.2. The second-order valence-corrected chi connectivity index (χ2v) is 11.0. The molecule has 2 bridgehead atoms. The largest absolute Gasteiger partial charge is 0.493 e. The minimum Gasteiger partial charge on any atom is -0.493 e. The van der Waals surface area contributed by atoms with E-state index < -0.39 is 22.3 Å². The van der Waals surface area contributed by atoms with Crippen molar-refractivity contribution in [2.24, 2.45) is 5.92 Å². The smallest absolute Gasteiger partial charge is 0.297 e. The van der Waals surface area contributed by atoms with Crippen LogP contribution in [0.25, 0.3) is 0 Å². The predicted molar refractivity (Wildman–Crippen MR) is 120 cm³/mol. The van der Waals surface area contributed by atoms with Crippen molar-refractivity contribution in [1.82, 2.24) is 4.90 Å². The summed E-state index contributed by atoms with van der Waals surface area (Å²) in [6.45, 7) is 2.86. The van der Waals surface area contributed by atoms with E-state index in [0.717, 1.165) is 30.7 Å². The van der Waals surface area contributed by atoms with Gasteiger partial charge >= 0.3 is 0 Å². The van der Waals surface area contributed by atoms with Crippen LogP contribution in [-0.4, -0.2) is 52.3 Å². The van der Waals surface area contributed by atoms with Gasteiger partial charge in [0, 0.05) is 22.9 Å². The SMILES string of the molecule is COc1ccc2c3c1OC1C(OS(=O)(=O)c4ccc(C)cc4)C=CC4C(C2)N(C)CCC341. The van der Waals surface area contributed by atoms with Gasteiger partial charge in [0.1, 0.15) is 12.2 Å². The van der Waals surface area contributed by atoms with E-state index in [2.05, 4.69) is 24.1 Å². The van der Waals surface area contributed by atoms with Crippen LogP contribution >= 0.6 is 0 Å². The minimum absolute atomic E-state index is 0.162. The van der Waals surface area contributed by atoms with Crippen molar-refractivity contribution in [3.8, 4) is 11.5 Å². The number of aryl methyl sites for hydroxylation is 1. The Hall–Kier alpha value is -2.35. The Morgan fingerprint density at radius 3 is 2.66 bits per heavy atom. The van der Waals surface area contributed by atoms with E-state index in [1.165, 1.54) is 11.1 Å². The van der Waals surface area contributed by atoms with Crippen molar-refractivity contribution in [3.63, 3.8) is 0 Å². The van der Waals surface area contributed by atoms with Gasteiger partial charge in [-0.3, -0.25) is 4.18 Å². The van der Waals surface area contributed by atoms with E-state index in [-0.39, 0.29) is 16.2 Å². The normalized spacial score (nSPS) is 32.3. The summed E-state index contributed by atoms with van der Waals surface area (Å²) in [6.07, 6.45) is 4.78. The van der Waals surface area contributed by atoms with Gasteiger partial charge in [0.25, 0.3) is 10.1 Å². The summed E-state index contributed by atoms with van der Waals surface area (Å²) in [5.41, 5.74) is 3.15. The molecule has 0 aromatic heterocycles. The molecule has 6 nitrogen and oxygen atoms in total. The molecule has 1 saturated heterocycles. The molecule has 2 heterocycles. The van der Waals surface area contributed by atoms with Crippen LogP contribution in [0.4, 0.5) is 0 Å². The van der Waals surface area contributed by atoms with Gasteiger partial charge in [-0.15, -0.1) is 0 Å². The lowest BCUT2D eigenvalue weighted by Gasteiger charge is -2.56. The fourth-order valence-electron chi connectivity index (χ4n) is 6.36. The molecule has 168 valence electrons. The third kappa shape index (κ3) is 2.62. The van der Waals surface area contributed by atoms with E-state index in [9.17, 15) is 8.42 Å². The van der Waals surface area contributed by atoms with E-state index >= 15 is 0 Å². The van der Waals surface area contributed by atoms with Gasteiger partial charge in [0.05, 0.1) is 12.0 Å². The number of benzene rings is 2. The highest BCUT2D eigenvalue weighted by Crippen LogP contribution is 2.62. The average Bonchev–Trinajstić information content (AvgIpc) is 3.13. The van der Waals surface area contributed by atoms with Crippen LogP contribution in [0.5, 0.6) is 11.5 Å². The first-order valence-corrected chi connectivity index (χ1v) is 12.5. The standard InChI is InChI=1S/C25H27NO5S/c1-15-4-7-17(8-5-15)32(27,28)31-21-11-9-18-19-14-16-6-10-20(29-3)23-22(16)25(18,24(21)30-23)12-13-26(19)2/h4-11,18-19,21,24H,12-14H2,1-3H3. The highest BCUT2D eigenvalue weighted by Gasteiger charge is 2.65. The maximum absolute atomic E-state index is 13.1. The van der Waals surface area contributed by atoms with Gasteiger partial charge in [-0.25, -0.2) is 0 Å². The second kappa shape index (κ2) is 6.83. The first kappa shape index (κ1) is 20.3. The van der Waals surface area contributed by atoms with Crippen LogP contribution in [0.3, 0.4) is 0 Å². The third-order valence-electron chi connectivity index (χ3n) is 7.88. The second-order valence-electron chi connectivity index (χ2n) is 9.45. The van der Waals surface area contributed by atoms with Gasteiger partial charge in [-0.1, -0.05) is 35.9 Å². The Labute approximate surface area is 188 Å². The molecule has 0 amide bonds. The number of ether oxygens (including phenoxy) is 2. The maximum Gasteiger partial charge on any atom is 0.297 e. The highest BCUT2D eigenvalue weighted by atomic mass is 32.2. The quantitative estimate of drug-likeness (QED) is 0.523. The first-order valence-electron chi connectivity index (χ1n) is 11.1. The summed E-state index contributed by atoms with van der Waals surface area (Å²) in [4.78, 5) is 2.59. The van der Waals surface area contributed by atoms with E-state index in [1.807, 2.05) is 19.1 Å². The predicted octanol–water partition coefficient (Wildman–Crippen LogP) is 3.22. The van der Waals surface area contributed by atoms with E-state index in [4.69, 9.17) is 13.7 Å². The van der Waals surface area contributed by atoms with Crippen molar-refractivity contribution in [1.29, 1.82) is 0 Å². The van der Waals surface area contributed by atoms with Gasteiger partial charge in [-0.2, -0.15) is 8.42 Å². The van der Waals surface area contributed by atoms with Crippen LogP contribution in [0, 0.1) is 12.8 Å². The van der Waals surface area contributed by atoms with Gasteiger partial charge in [0.2, 0.25) is 0 Å². The molecular weight excluding hydrogens is 426 g/mol. The molecule has 1 spiro atoms.